The molecule has 0 rings (SSSR count). The summed E-state index contributed by atoms with van der Waals surface area (Å²) in [6.07, 6.45) is 65.4. The van der Waals surface area contributed by atoms with Crippen LogP contribution in [0.15, 0.2) is 12.2 Å². The van der Waals surface area contributed by atoms with Crippen molar-refractivity contribution in [1.29, 1.82) is 0 Å². The molecular weight excluding hydrogens is 803 g/mol. The van der Waals surface area contributed by atoms with Gasteiger partial charge in [-0.05, 0) is 32.1 Å². The molecule has 0 bridgehead atoms. The highest BCUT2D eigenvalue weighted by molar-refractivity contribution is 5.76. The van der Waals surface area contributed by atoms with Gasteiger partial charge in [-0.3, -0.25) is 9.59 Å². The second-order valence-electron chi connectivity index (χ2n) is 20.3. The minimum Gasteiger partial charge on any atom is -0.466 e. The molecule has 0 heterocycles. The lowest BCUT2D eigenvalue weighted by molar-refractivity contribution is -0.143. The monoisotopic (exact) mass is 918 g/mol. The van der Waals surface area contributed by atoms with E-state index >= 15 is 0 Å². The summed E-state index contributed by atoms with van der Waals surface area (Å²) < 4.78 is 5.47. The van der Waals surface area contributed by atoms with Gasteiger partial charge in [0.25, 0.3) is 0 Å². The maximum absolute atomic E-state index is 12.4. The van der Waals surface area contributed by atoms with E-state index in [0.29, 0.717) is 19.4 Å². The smallest absolute Gasteiger partial charge is 0.305 e. The lowest BCUT2D eigenvalue weighted by Gasteiger charge is -2.20. The zero-order valence-electron chi connectivity index (χ0n) is 44.0. The molecule has 0 aromatic carbocycles. The third-order valence-electron chi connectivity index (χ3n) is 13.8. The summed E-state index contributed by atoms with van der Waals surface area (Å²) in [5.74, 6) is -0.0494. The Morgan fingerprint density at radius 2 is 0.708 bits per heavy atom. The highest BCUT2D eigenvalue weighted by Gasteiger charge is 2.18. The van der Waals surface area contributed by atoms with Crippen LogP contribution >= 0.6 is 0 Å². The summed E-state index contributed by atoms with van der Waals surface area (Å²) in [6.45, 7) is 4.91. The molecule has 0 aliphatic heterocycles. The number of carbonyl (C=O) groups is 2. The highest BCUT2D eigenvalue weighted by Crippen LogP contribution is 2.18. The van der Waals surface area contributed by atoms with Crippen LogP contribution < -0.4 is 5.32 Å². The van der Waals surface area contributed by atoms with E-state index < -0.39 is 12.1 Å². The fourth-order valence-corrected chi connectivity index (χ4v) is 9.28. The number of hydrogen-bond acceptors (Lipinski definition) is 5. The second kappa shape index (κ2) is 55.2. The standard InChI is InChI=1S/C59H115NO5/c1-3-5-7-9-11-13-15-33-37-41-45-49-53-59(64)65-54-50-46-42-38-34-30-28-26-24-22-20-18-16-17-19-21-23-25-27-29-32-36-40-44-48-52-58(63)60-56(55-61)57(62)51-47-43-39-35-31-14-12-10-8-6-4-2/h47,51,56-57,61-62H,3-46,48-50,52-55H2,1-2H3,(H,60,63)/b51-47+. The summed E-state index contributed by atoms with van der Waals surface area (Å²) in [5.41, 5.74) is 0. The number of unbranched alkanes of at least 4 members (excludes halogenated alkanes) is 44. The summed E-state index contributed by atoms with van der Waals surface area (Å²) >= 11 is 0. The predicted octanol–water partition coefficient (Wildman–Crippen LogP) is 18.1. The molecule has 0 aromatic heterocycles. The van der Waals surface area contributed by atoms with Gasteiger partial charge in [-0.25, -0.2) is 0 Å². The van der Waals surface area contributed by atoms with Crippen molar-refractivity contribution in [3.63, 3.8) is 0 Å². The molecule has 0 spiro atoms. The lowest BCUT2D eigenvalue weighted by atomic mass is 10.0. The molecule has 2 atom stereocenters. The van der Waals surface area contributed by atoms with Gasteiger partial charge in [-0.1, -0.05) is 296 Å². The van der Waals surface area contributed by atoms with Crippen LogP contribution in [-0.2, 0) is 14.3 Å². The van der Waals surface area contributed by atoms with Gasteiger partial charge < -0.3 is 20.3 Å². The van der Waals surface area contributed by atoms with Crippen LogP contribution in [0.1, 0.15) is 328 Å². The van der Waals surface area contributed by atoms with E-state index in [1.165, 1.54) is 263 Å². The number of carbonyl (C=O) groups excluding carboxylic acids is 2. The van der Waals surface area contributed by atoms with Gasteiger partial charge in [0.15, 0.2) is 0 Å². The summed E-state index contributed by atoms with van der Waals surface area (Å²) in [4.78, 5) is 24.4. The van der Waals surface area contributed by atoms with E-state index in [4.69, 9.17) is 4.74 Å². The van der Waals surface area contributed by atoms with E-state index in [-0.39, 0.29) is 18.5 Å². The predicted molar refractivity (Wildman–Crippen MR) is 283 cm³/mol. The fraction of sp³-hybridized carbons (Fsp3) is 0.932. The minimum atomic E-state index is -0.840. The summed E-state index contributed by atoms with van der Waals surface area (Å²) in [7, 11) is 0. The molecular formula is C59H115NO5. The van der Waals surface area contributed by atoms with Crippen molar-refractivity contribution in [2.45, 2.75) is 341 Å². The van der Waals surface area contributed by atoms with Gasteiger partial charge in [0, 0.05) is 12.8 Å². The Hall–Kier alpha value is -1.40. The van der Waals surface area contributed by atoms with Crippen molar-refractivity contribution >= 4 is 11.9 Å². The number of aliphatic hydroxyl groups is 2. The van der Waals surface area contributed by atoms with Gasteiger partial charge in [0.05, 0.1) is 25.4 Å². The SMILES string of the molecule is CCCCCCCCCCC/C=C/C(O)C(CO)NC(=O)CCCCCCCCCCCCCCCCCCCCCCCCCCCOC(=O)CCCCCCCCCCCCCC. The van der Waals surface area contributed by atoms with Crippen molar-refractivity contribution in [1.82, 2.24) is 5.32 Å². The Labute approximate surface area is 406 Å². The molecule has 0 fully saturated rings. The van der Waals surface area contributed by atoms with Crippen LogP contribution in [0.2, 0.25) is 0 Å². The fourth-order valence-electron chi connectivity index (χ4n) is 9.28. The van der Waals surface area contributed by atoms with Crippen molar-refractivity contribution < 1.29 is 24.5 Å². The van der Waals surface area contributed by atoms with Crippen LogP contribution in [0, 0.1) is 0 Å². The van der Waals surface area contributed by atoms with Crippen molar-refractivity contribution in [2.75, 3.05) is 13.2 Å². The molecule has 0 radical (unpaired) electrons. The van der Waals surface area contributed by atoms with Gasteiger partial charge in [0.1, 0.15) is 0 Å². The molecule has 0 saturated carbocycles. The van der Waals surface area contributed by atoms with Crippen molar-refractivity contribution in [2.24, 2.45) is 0 Å². The summed E-state index contributed by atoms with van der Waals surface area (Å²) in [5, 5.41) is 23.0. The third kappa shape index (κ3) is 51.8. The van der Waals surface area contributed by atoms with Crippen molar-refractivity contribution in [3.05, 3.63) is 12.2 Å². The first-order valence-corrected chi connectivity index (χ1v) is 29.5. The van der Waals surface area contributed by atoms with Gasteiger partial charge in [-0.2, -0.15) is 0 Å². The number of ether oxygens (including phenoxy) is 1. The van der Waals surface area contributed by atoms with Crippen LogP contribution in [0.25, 0.3) is 0 Å². The summed E-state index contributed by atoms with van der Waals surface area (Å²) in [6, 6.07) is -0.624. The average Bonchev–Trinajstić information content (AvgIpc) is 3.31. The second-order valence-corrected chi connectivity index (χ2v) is 20.3. The quantitative estimate of drug-likeness (QED) is 0.0321. The zero-order valence-corrected chi connectivity index (χ0v) is 44.0. The number of hydrogen-bond donors (Lipinski definition) is 3. The molecule has 0 aliphatic rings. The first-order valence-electron chi connectivity index (χ1n) is 29.5. The maximum atomic E-state index is 12.4. The van der Waals surface area contributed by atoms with Gasteiger partial charge >= 0.3 is 5.97 Å². The topological polar surface area (TPSA) is 95.9 Å². The van der Waals surface area contributed by atoms with Crippen LogP contribution in [0.3, 0.4) is 0 Å². The van der Waals surface area contributed by atoms with Crippen LogP contribution in [0.4, 0.5) is 0 Å². The number of esters is 1. The normalized spacial score (nSPS) is 12.6. The molecule has 6 nitrogen and oxygen atoms in total. The lowest BCUT2D eigenvalue weighted by Crippen LogP contribution is -2.45. The largest absolute Gasteiger partial charge is 0.466 e. The Morgan fingerprint density at radius 1 is 0.415 bits per heavy atom. The number of nitrogens with one attached hydrogen (secondary N) is 1. The number of rotatable bonds is 55. The molecule has 3 N–H and O–H groups in total. The van der Waals surface area contributed by atoms with Crippen LogP contribution in [0.5, 0.6) is 0 Å². The molecule has 2 unspecified atom stereocenters. The van der Waals surface area contributed by atoms with Gasteiger partial charge in [-0.15, -0.1) is 0 Å². The van der Waals surface area contributed by atoms with Crippen molar-refractivity contribution in [3.8, 4) is 0 Å². The molecule has 0 aromatic rings. The Balaban J connectivity index is 3.35. The Kier molecular flexibility index (Phi) is 54.0. The molecule has 386 valence electrons. The van der Waals surface area contributed by atoms with E-state index in [2.05, 4.69) is 19.2 Å². The molecule has 0 aliphatic carbocycles. The average molecular weight is 919 g/mol. The Bertz CT molecular complexity index is 970. The zero-order chi connectivity index (χ0) is 47.2. The number of amides is 1. The Morgan fingerprint density at radius 3 is 1.05 bits per heavy atom. The minimum absolute atomic E-state index is 0.0169. The number of allylic oxidation sites excluding steroid dienone is 1. The highest BCUT2D eigenvalue weighted by atomic mass is 16.5. The maximum Gasteiger partial charge on any atom is 0.305 e. The first kappa shape index (κ1) is 63.6. The van der Waals surface area contributed by atoms with E-state index in [1.807, 2.05) is 6.08 Å². The molecule has 1 amide bonds. The third-order valence-corrected chi connectivity index (χ3v) is 13.8. The molecule has 0 saturated heterocycles. The van der Waals surface area contributed by atoms with Crippen LogP contribution in [-0.4, -0.2) is 47.4 Å². The van der Waals surface area contributed by atoms with E-state index in [9.17, 15) is 19.8 Å². The molecule has 65 heavy (non-hydrogen) atoms. The first-order chi connectivity index (χ1) is 32.0. The molecule has 6 heteroatoms. The van der Waals surface area contributed by atoms with E-state index in [0.717, 1.165) is 38.5 Å². The van der Waals surface area contributed by atoms with Gasteiger partial charge in [0.2, 0.25) is 5.91 Å². The van der Waals surface area contributed by atoms with E-state index in [1.54, 1.807) is 6.08 Å². The number of aliphatic hydroxyl groups excluding tert-OH is 2.